The molecule has 0 radical (unpaired) electrons. The number of anilines is 2. The van der Waals surface area contributed by atoms with E-state index in [2.05, 4.69) is 171 Å². The Morgan fingerprint density at radius 3 is 0.842 bits per heavy atom. The minimum absolute atomic E-state index is 1.10. The lowest BCUT2D eigenvalue weighted by molar-refractivity contribution is 1.20. The zero-order chi connectivity index (χ0) is 42.5. The predicted octanol–water partition coefficient (Wildman–Crippen LogP) is 18.1. The molecule has 0 spiro atoms. The molecule has 0 amide bonds. The Kier molecular flexibility index (Phi) is 20.9. The van der Waals surface area contributed by atoms with E-state index in [0.29, 0.717) is 0 Å². The monoisotopic (exact) mass is 758 g/mol. The third kappa shape index (κ3) is 10.1. The molecule has 9 rings (SSSR count). The number of rotatable bonds is 2. The lowest BCUT2D eigenvalue weighted by Gasteiger charge is -2.29. The van der Waals surface area contributed by atoms with Gasteiger partial charge in [-0.3, -0.25) is 0 Å². The minimum Gasteiger partial charge on any atom is -0.343 e. The Balaban J connectivity index is 0.000000373. The normalized spacial score (nSPS) is 9.95. The van der Waals surface area contributed by atoms with E-state index in [1.165, 1.54) is 87.8 Å². The molecule has 0 atom stereocenters. The van der Waals surface area contributed by atoms with Gasteiger partial charge in [0.1, 0.15) is 0 Å². The zero-order valence-corrected chi connectivity index (χ0v) is 38.0. The summed E-state index contributed by atoms with van der Waals surface area (Å²) < 4.78 is 0. The summed E-state index contributed by atoms with van der Waals surface area (Å²) in [7, 11) is 2.23. The summed E-state index contributed by atoms with van der Waals surface area (Å²) in [5.41, 5.74) is 11.0. The first-order valence-corrected chi connectivity index (χ1v) is 21.8. The molecule has 0 heterocycles. The molecule has 0 saturated carbocycles. The van der Waals surface area contributed by atoms with Crippen molar-refractivity contribution in [3.8, 4) is 11.1 Å². The Hall–Kier alpha value is -5.40. The topological polar surface area (TPSA) is 3.24 Å². The second-order valence-electron chi connectivity index (χ2n) is 12.2. The maximum absolute atomic E-state index is 2.42. The average Bonchev–Trinajstić information content (AvgIpc) is 3.70. The van der Waals surface area contributed by atoms with Gasteiger partial charge >= 0.3 is 0 Å². The second kappa shape index (κ2) is 25.0. The summed E-state index contributed by atoms with van der Waals surface area (Å²) in [4.78, 5) is 2.42. The molecule has 8 aromatic rings. The van der Waals surface area contributed by atoms with Crippen LogP contribution < -0.4 is 4.90 Å². The van der Waals surface area contributed by atoms with Gasteiger partial charge in [-0.15, -0.1) is 0 Å². The molecular formula is C56H71N. The van der Waals surface area contributed by atoms with Crippen LogP contribution in [-0.2, 0) is 6.42 Å². The zero-order valence-electron chi connectivity index (χ0n) is 38.0. The van der Waals surface area contributed by atoms with Crippen LogP contribution in [0.3, 0.4) is 0 Å². The van der Waals surface area contributed by atoms with Crippen LogP contribution in [0.25, 0.3) is 54.2 Å². The first-order chi connectivity index (χ1) is 28.1. The Bertz CT molecular complexity index is 2230. The number of fused-ring (bicyclic) bond motifs is 9. The number of nitrogens with zero attached hydrogens (tertiary/aromatic N) is 1. The van der Waals surface area contributed by atoms with E-state index in [0.717, 1.165) is 6.42 Å². The fraction of sp³-hybridized carbons (Fsp3) is 0.286. The van der Waals surface area contributed by atoms with Crippen molar-refractivity contribution in [3.63, 3.8) is 0 Å². The van der Waals surface area contributed by atoms with Crippen LogP contribution in [0.2, 0.25) is 0 Å². The molecule has 0 N–H and O–H groups in total. The molecule has 0 saturated heterocycles. The first-order valence-electron chi connectivity index (χ1n) is 21.8. The van der Waals surface area contributed by atoms with Crippen molar-refractivity contribution in [1.82, 2.24) is 0 Å². The summed E-state index contributed by atoms with van der Waals surface area (Å²) in [6.07, 6.45) is 1.10. The summed E-state index contributed by atoms with van der Waals surface area (Å²) in [6, 6.07) is 52.5. The number of hydrogen-bond acceptors (Lipinski definition) is 1. The first kappa shape index (κ1) is 47.8. The fourth-order valence-electron chi connectivity index (χ4n) is 7.65. The van der Waals surface area contributed by atoms with Crippen molar-refractivity contribution in [2.45, 2.75) is 103 Å². The van der Waals surface area contributed by atoms with Gasteiger partial charge < -0.3 is 4.90 Å². The summed E-state index contributed by atoms with van der Waals surface area (Å²) >= 11 is 0. The van der Waals surface area contributed by atoms with Crippen LogP contribution in [0.5, 0.6) is 0 Å². The van der Waals surface area contributed by atoms with Gasteiger partial charge in [0.25, 0.3) is 0 Å². The lowest BCUT2D eigenvalue weighted by atomic mass is 9.92. The molecular weight excluding hydrogens is 687 g/mol. The Labute approximate surface area is 347 Å². The van der Waals surface area contributed by atoms with Crippen molar-refractivity contribution in [3.05, 3.63) is 168 Å². The average molecular weight is 758 g/mol. The van der Waals surface area contributed by atoms with E-state index in [1.807, 2.05) is 83.1 Å². The van der Waals surface area contributed by atoms with Gasteiger partial charge in [0.05, 0.1) is 11.4 Å². The highest BCUT2D eigenvalue weighted by atomic mass is 15.1. The standard InChI is InChI=1S/C31H25N.C13H10.6C2H6/c1-20-22-12-4-6-14-24(22)26-16-8-10-18-28(26)30(20)32(3)31-21(2)23-13-5-7-15-25(23)27-17-9-11-19-29(27)31;1-3-7-12-10(5-1)9-11-6-2-4-8-13(11)12;6*1-2/h4-19H,1-3H3;1-8H,9H2;6*1-2H3. The summed E-state index contributed by atoms with van der Waals surface area (Å²) in [5, 5.41) is 10.5. The highest BCUT2D eigenvalue weighted by Crippen LogP contribution is 2.45. The third-order valence-corrected chi connectivity index (χ3v) is 9.69. The van der Waals surface area contributed by atoms with Gasteiger partial charge in [0.15, 0.2) is 0 Å². The van der Waals surface area contributed by atoms with Crippen molar-refractivity contribution in [2.75, 3.05) is 11.9 Å². The van der Waals surface area contributed by atoms with Gasteiger partial charge in [-0.25, -0.2) is 0 Å². The smallest absolute Gasteiger partial charge is 0.0524 e. The van der Waals surface area contributed by atoms with Gasteiger partial charge in [0.2, 0.25) is 0 Å². The van der Waals surface area contributed by atoms with E-state index < -0.39 is 0 Å². The molecule has 300 valence electrons. The van der Waals surface area contributed by atoms with E-state index in [1.54, 1.807) is 0 Å². The predicted molar refractivity (Wildman–Crippen MR) is 263 cm³/mol. The molecule has 1 nitrogen and oxygen atoms in total. The number of benzene rings is 8. The lowest BCUT2D eigenvalue weighted by Crippen LogP contribution is -2.14. The van der Waals surface area contributed by atoms with Crippen molar-refractivity contribution >= 4 is 54.5 Å². The molecule has 8 aromatic carbocycles. The Morgan fingerprint density at radius 1 is 0.298 bits per heavy atom. The molecule has 1 heteroatoms. The molecule has 0 fully saturated rings. The van der Waals surface area contributed by atoms with Crippen LogP contribution >= 0.6 is 0 Å². The van der Waals surface area contributed by atoms with E-state index in [9.17, 15) is 0 Å². The van der Waals surface area contributed by atoms with Crippen LogP contribution in [-0.4, -0.2) is 7.05 Å². The van der Waals surface area contributed by atoms with Gasteiger partial charge in [-0.05, 0) is 86.0 Å². The van der Waals surface area contributed by atoms with E-state index in [-0.39, 0.29) is 0 Å². The number of hydrogen-bond donors (Lipinski definition) is 0. The Morgan fingerprint density at radius 2 is 0.526 bits per heavy atom. The molecule has 0 unspecified atom stereocenters. The molecule has 57 heavy (non-hydrogen) atoms. The fourth-order valence-corrected chi connectivity index (χ4v) is 7.65. The summed E-state index contributed by atoms with van der Waals surface area (Å²) in [5.74, 6) is 0. The van der Waals surface area contributed by atoms with E-state index in [4.69, 9.17) is 0 Å². The highest BCUT2D eigenvalue weighted by Gasteiger charge is 2.20. The van der Waals surface area contributed by atoms with Crippen molar-refractivity contribution in [2.24, 2.45) is 0 Å². The van der Waals surface area contributed by atoms with Crippen LogP contribution in [0.4, 0.5) is 11.4 Å². The quantitative estimate of drug-likeness (QED) is 0.159. The summed E-state index contributed by atoms with van der Waals surface area (Å²) in [6.45, 7) is 28.5. The van der Waals surface area contributed by atoms with E-state index >= 15 is 0 Å². The molecule has 1 aliphatic carbocycles. The SMILES string of the molecule is CC.CC.CC.CC.CC.CC.Cc1c(N(C)c2c(C)c3ccccc3c3ccccc23)c2ccccc2c2ccccc12.c1ccc2c(c1)Cc1ccccc1-2. The third-order valence-electron chi connectivity index (χ3n) is 9.69. The molecule has 0 bridgehead atoms. The van der Waals surface area contributed by atoms with Crippen molar-refractivity contribution in [1.29, 1.82) is 0 Å². The largest absolute Gasteiger partial charge is 0.343 e. The number of aryl methyl sites for hydroxylation is 2. The maximum Gasteiger partial charge on any atom is 0.0524 e. The second-order valence-corrected chi connectivity index (χ2v) is 12.2. The van der Waals surface area contributed by atoms with Crippen LogP contribution in [0.1, 0.15) is 105 Å². The maximum atomic E-state index is 2.42. The molecule has 0 aliphatic heterocycles. The van der Waals surface area contributed by atoms with Crippen molar-refractivity contribution < 1.29 is 0 Å². The molecule has 0 aromatic heterocycles. The highest BCUT2D eigenvalue weighted by molar-refractivity contribution is 6.19. The minimum atomic E-state index is 1.10. The van der Waals surface area contributed by atoms with Crippen LogP contribution in [0, 0.1) is 13.8 Å². The van der Waals surface area contributed by atoms with Gasteiger partial charge in [-0.1, -0.05) is 229 Å². The van der Waals surface area contributed by atoms with Gasteiger partial charge in [-0.2, -0.15) is 0 Å². The van der Waals surface area contributed by atoms with Gasteiger partial charge in [0, 0.05) is 17.8 Å². The molecule has 1 aliphatic rings. The van der Waals surface area contributed by atoms with Crippen LogP contribution in [0.15, 0.2) is 146 Å².